The van der Waals surface area contributed by atoms with Gasteiger partial charge in [0, 0.05) is 12.5 Å². The largest absolute Gasteiger partial charge is 0.447 e. The molecule has 0 radical (unpaired) electrons. The summed E-state index contributed by atoms with van der Waals surface area (Å²) in [5.74, 6) is -0.177. The van der Waals surface area contributed by atoms with Crippen LogP contribution in [-0.2, 0) is 4.79 Å². The smallest absolute Gasteiger partial charge is 0.417 e. The molecule has 0 spiro atoms. The average molecular weight is 338 g/mol. The summed E-state index contributed by atoms with van der Waals surface area (Å²) in [6.45, 7) is 5.07. The Morgan fingerprint density at radius 1 is 1.38 bits per heavy atom. The molecule has 8 heteroatoms. The van der Waals surface area contributed by atoms with Crippen LogP contribution in [0.2, 0.25) is 0 Å². The van der Waals surface area contributed by atoms with E-state index in [1.165, 1.54) is 0 Å². The van der Waals surface area contributed by atoms with Gasteiger partial charge in [-0.25, -0.2) is 0 Å². The van der Waals surface area contributed by atoms with Gasteiger partial charge in [-0.15, -0.1) is 4.98 Å². The number of Topliss-reactive ketones (excluding diaryl/α,β-unsaturated/α-hetero) is 1. The lowest BCUT2D eigenvalue weighted by atomic mass is 9.99. The normalized spacial score (nSPS) is 15.6. The Morgan fingerprint density at radius 2 is 2.08 bits per heavy atom. The van der Waals surface area contributed by atoms with Crippen molar-refractivity contribution < 1.29 is 18.8 Å². The molecule has 1 aromatic rings. The molecule has 1 atom stereocenters. The number of nitrogens with zero attached hydrogens (tertiary/aromatic N) is 3. The molecule has 1 fully saturated rings. The van der Waals surface area contributed by atoms with Gasteiger partial charge in [0.1, 0.15) is 6.61 Å². The van der Waals surface area contributed by atoms with Gasteiger partial charge in [0.2, 0.25) is 17.5 Å². The minimum absolute atomic E-state index is 0.0305. The molecule has 1 aromatic heterocycles. The highest BCUT2D eigenvalue weighted by Crippen LogP contribution is 2.29. The fourth-order valence-corrected chi connectivity index (χ4v) is 2.18. The number of ether oxygens (including phenoxy) is 1. The molecule has 1 amide bonds. The van der Waals surface area contributed by atoms with Crippen LogP contribution in [0.1, 0.15) is 43.7 Å². The molecule has 1 heterocycles. The quantitative estimate of drug-likeness (QED) is 0.639. The number of ketones is 1. The number of likely N-dealkylation sites (N-methyl/N-ethyl adjacent to an activating group) is 1. The number of carbonyl (C=O) groups excluding carboxylic acids is 2. The zero-order chi connectivity index (χ0) is 17.7. The Hall–Kier alpha value is -1.96. The molecule has 0 aliphatic heterocycles. The zero-order valence-corrected chi connectivity index (χ0v) is 14.7. The number of hydrogen-bond acceptors (Lipinski definition) is 7. The van der Waals surface area contributed by atoms with Crippen LogP contribution in [0, 0.1) is 11.8 Å². The first-order chi connectivity index (χ1) is 11.4. The lowest BCUT2D eigenvalue weighted by molar-refractivity contribution is -0.122. The molecule has 1 aliphatic carbocycles. The minimum Gasteiger partial charge on any atom is -0.447 e. The first-order valence-electron chi connectivity index (χ1n) is 8.32. The Morgan fingerprint density at radius 3 is 2.67 bits per heavy atom. The first kappa shape index (κ1) is 18.4. The third kappa shape index (κ3) is 5.59. The van der Waals surface area contributed by atoms with E-state index in [2.05, 4.69) is 15.5 Å². The number of hydrogen-bond donors (Lipinski definition) is 1. The summed E-state index contributed by atoms with van der Waals surface area (Å²) < 4.78 is 10.3. The van der Waals surface area contributed by atoms with Crippen LogP contribution in [0.3, 0.4) is 0 Å². The number of amides is 1. The van der Waals surface area contributed by atoms with E-state index in [-0.39, 0.29) is 35.4 Å². The Bertz CT molecular complexity index is 566. The van der Waals surface area contributed by atoms with E-state index in [0.717, 1.165) is 12.8 Å². The SMILES string of the molecule is CC(C)CC(NC(=O)C1CC1)C(=O)c1noc(OCCN(C)C)n1. The zero-order valence-electron chi connectivity index (χ0n) is 14.7. The molecule has 24 heavy (non-hydrogen) atoms. The summed E-state index contributed by atoms with van der Waals surface area (Å²) in [4.78, 5) is 30.5. The Kier molecular flexibility index (Phi) is 6.30. The maximum Gasteiger partial charge on any atom is 0.417 e. The van der Waals surface area contributed by atoms with Crippen molar-refractivity contribution >= 4 is 11.7 Å². The lowest BCUT2D eigenvalue weighted by Gasteiger charge is -2.17. The number of nitrogens with one attached hydrogen (secondary N) is 1. The van der Waals surface area contributed by atoms with Crippen molar-refractivity contribution in [3.05, 3.63) is 5.82 Å². The summed E-state index contributed by atoms with van der Waals surface area (Å²) >= 11 is 0. The van der Waals surface area contributed by atoms with Crippen LogP contribution in [0.5, 0.6) is 6.08 Å². The summed E-state index contributed by atoms with van der Waals surface area (Å²) in [7, 11) is 3.84. The van der Waals surface area contributed by atoms with E-state index >= 15 is 0 Å². The highest BCUT2D eigenvalue weighted by Gasteiger charge is 2.34. The van der Waals surface area contributed by atoms with Gasteiger partial charge < -0.3 is 15.0 Å². The molecule has 0 saturated heterocycles. The van der Waals surface area contributed by atoms with E-state index in [4.69, 9.17) is 9.26 Å². The number of carbonyl (C=O) groups is 2. The standard InChI is InChI=1S/C16H26N4O4/c1-10(2)9-12(17-15(22)11-5-6-11)13(21)14-18-16(24-19-14)23-8-7-20(3)4/h10-12H,5-9H2,1-4H3,(H,17,22). The highest BCUT2D eigenvalue weighted by molar-refractivity contribution is 5.99. The Balaban J connectivity index is 1.97. The monoisotopic (exact) mass is 338 g/mol. The van der Waals surface area contributed by atoms with E-state index in [1.54, 1.807) is 0 Å². The summed E-state index contributed by atoms with van der Waals surface area (Å²) in [6.07, 6.45) is 2.28. The summed E-state index contributed by atoms with van der Waals surface area (Å²) in [6, 6.07) is -0.634. The first-order valence-corrected chi connectivity index (χ1v) is 8.32. The third-order valence-corrected chi connectivity index (χ3v) is 3.68. The van der Waals surface area contributed by atoms with Crippen LogP contribution in [-0.4, -0.2) is 60.0 Å². The van der Waals surface area contributed by atoms with E-state index < -0.39 is 6.04 Å². The maximum absolute atomic E-state index is 12.6. The van der Waals surface area contributed by atoms with Crippen LogP contribution >= 0.6 is 0 Å². The molecule has 1 saturated carbocycles. The highest BCUT2D eigenvalue weighted by atomic mass is 16.6. The summed E-state index contributed by atoms with van der Waals surface area (Å²) in [5.41, 5.74) is 0. The van der Waals surface area contributed by atoms with E-state index in [1.807, 2.05) is 32.8 Å². The minimum atomic E-state index is -0.634. The van der Waals surface area contributed by atoms with Crippen molar-refractivity contribution in [1.29, 1.82) is 0 Å². The fraction of sp³-hybridized carbons (Fsp3) is 0.750. The lowest BCUT2D eigenvalue weighted by Crippen LogP contribution is -2.42. The summed E-state index contributed by atoms with van der Waals surface area (Å²) in [5, 5.41) is 6.50. The molecule has 2 rings (SSSR count). The number of aromatic nitrogens is 2. The molecule has 0 bridgehead atoms. The molecular weight excluding hydrogens is 312 g/mol. The average Bonchev–Trinajstić information content (AvgIpc) is 3.25. The molecule has 0 aromatic carbocycles. The predicted octanol–water partition coefficient (Wildman–Crippen LogP) is 1.13. The van der Waals surface area contributed by atoms with Gasteiger partial charge in [-0.3, -0.25) is 14.1 Å². The van der Waals surface area contributed by atoms with Crippen LogP contribution in [0.4, 0.5) is 0 Å². The van der Waals surface area contributed by atoms with Crippen molar-refractivity contribution in [1.82, 2.24) is 20.4 Å². The number of rotatable bonds is 10. The van der Waals surface area contributed by atoms with Crippen LogP contribution in [0.15, 0.2) is 4.52 Å². The predicted molar refractivity (Wildman–Crippen MR) is 86.8 cm³/mol. The van der Waals surface area contributed by atoms with Crippen LogP contribution in [0.25, 0.3) is 0 Å². The molecule has 1 unspecified atom stereocenters. The topological polar surface area (TPSA) is 97.6 Å². The van der Waals surface area contributed by atoms with Gasteiger partial charge in [-0.05, 0) is 44.4 Å². The van der Waals surface area contributed by atoms with Gasteiger partial charge >= 0.3 is 6.08 Å². The van der Waals surface area contributed by atoms with Gasteiger partial charge in [-0.2, -0.15) is 0 Å². The van der Waals surface area contributed by atoms with E-state index in [0.29, 0.717) is 19.6 Å². The molecule has 1 N–H and O–H groups in total. The van der Waals surface area contributed by atoms with E-state index in [9.17, 15) is 9.59 Å². The fourth-order valence-electron chi connectivity index (χ4n) is 2.18. The van der Waals surface area contributed by atoms with Crippen molar-refractivity contribution in [3.63, 3.8) is 0 Å². The van der Waals surface area contributed by atoms with Crippen molar-refractivity contribution in [2.24, 2.45) is 11.8 Å². The second kappa shape index (κ2) is 8.23. The van der Waals surface area contributed by atoms with Crippen molar-refractivity contribution in [2.75, 3.05) is 27.2 Å². The van der Waals surface area contributed by atoms with Gasteiger partial charge in [0.25, 0.3) is 0 Å². The molecule has 8 nitrogen and oxygen atoms in total. The molecule has 1 aliphatic rings. The second-order valence-corrected chi connectivity index (χ2v) is 6.86. The second-order valence-electron chi connectivity index (χ2n) is 6.86. The van der Waals surface area contributed by atoms with Gasteiger partial charge in [0.05, 0.1) is 6.04 Å². The maximum atomic E-state index is 12.6. The van der Waals surface area contributed by atoms with Crippen molar-refractivity contribution in [3.8, 4) is 6.08 Å². The van der Waals surface area contributed by atoms with Crippen molar-refractivity contribution in [2.45, 2.75) is 39.2 Å². The third-order valence-electron chi connectivity index (χ3n) is 3.68. The van der Waals surface area contributed by atoms with Gasteiger partial charge in [0.15, 0.2) is 0 Å². The van der Waals surface area contributed by atoms with Gasteiger partial charge in [-0.1, -0.05) is 13.8 Å². The Labute approximate surface area is 141 Å². The molecular formula is C16H26N4O4. The van der Waals surface area contributed by atoms with Crippen LogP contribution < -0.4 is 10.1 Å². The molecule has 134 valence electrons.